The third kappa shape index (κ3) is 1.81. The standard InChI is InChI=1S/C3H3BrCl3N3/c4-2-9-8-1-10(2)3(5,6)7/h1-2,9H. The molecule has 0 aromatic rings. The highest BCUT2D eigenvalue weighted by Crippen LogP contribution is 2.33. The summed E-state index contributed by atoms with van der Waals surface area (Å²) in [5.41, 5.74) is 2.63. The Labute approximate surface area is 81.4 Å². The van der Waals surface area contributed by atoms with Crippen LogP contribution in [0.15, 0.2) is 5.10 Å². The zero-order valence-corrected chi connectivity index (χ0v) is 8.41. The van der Waals surface area contributed by atoms with Gasteiger partial charge in [0.05, 0.1) is 0 Å². The van der Waals surface area contributed by atoms with Gasteiger partial charge in [0.25, 0.3) is 3.92 Å². The van der Waals surface area contributed by atoms with Gasteiger partial charge in [-0.2, -0.15) is 5.10 Å². The van der Waals surface area contributed by atoms with Crippen molar-refractivity contribution in [3.8, 4) is 0 Å². The van der Waals surface area contributed by atoms with Crippen LogP contribution in [-0.2, 0) is 0 Å². The third-order valence-electron chi connectivity index (χ3n) is 0.900. The Kier molecular flexibility index (Phi) is 2.55. The molecule has 1 rings (SSSR count). The van der Waals surface area contributed by atoms with Crippen molar-refractivity contribution in [1.82, 2.24) is 10.3 Å². The van der Waals surface area contributed by atoms with Gasteiger partial charge in [-0.3, -0.25) is 10.3 Å². The number of hydrogen-bond donors (Lipinski definition) is 1. The van der Waals surface area contributed by atoms with Gasteiger partial charge in [0.2, 0.25) is 0 Å². The Bertz CT molecular complexity index is 156. The Balaban J connectivity index is 2.64. The molecular weight excluding hydrogens is 264 g/mol. The van der Waals surface area contributed by atoms with Crippen LogP contribution < -0.4 is 5.43 Å². The van der Waals surface area contributed by atoms with Gasteiger partial charge in [-0.05, 0) is 15.9 Å². The van der Waals surface area contributed by atoms with Crippen molar-refractivity contribution >= 4 is 57.1 Å². The number of nitrogens with one attached hydrogen (secondary N) is 1. The smallest absolute Gasteiger partial charge is 0.271 e. The lowest BCUT2D eigenvalue weighted by Crippen LogP contribution is -2.40. The summed E-state index contributed by atoms with van der Waals surface area (Å²) < 4.78 is -1.46. The Morgan fingerprint density at radius 2 is 2.20 bits per heavy atom. The third-order valence-corrected chi connectivity index (χ3v) is 2.13. The van der Waals surface area contributed by atoms with E-state index in [1.54, 1.807) is 0 Å². The van der Waals surface area contributed by atoms with Crippen molar-refractivity contribution in [3.63, 3.8) is 0 Å². The molecule has 1 heterocycles. The lowest BCUT2D eigenvalue weighted by molar-refractivity contribution is 0.412. The largest absolute Gasteiger partial charge is 0.285 e. The average Bonchev–Trinajstić information content (AvgIpc) is 2.11. The van der Waals surface area contributed by atoms with Crippen molar-refractivity contribution in [2.45, 2.75) is 8.99 Å². The molecular formula is C3H3BrCl3N3. The number of nitrogens with zero attached hydrogens (tertiary/aromatic N) is 2. The first-order valence-corrected chi connectivity index (χ1v) is 4.35. The average molecular weight is 267 g/mol. The van der Waals surface area contributed by atoms with Crippen LogP contribution in [0.3, 0.4) is 0 Å². The first-order valence-electron chi connectivity index (χ1n) is 2.30. The fraction of sp³-hybridized carbons (Fsp3) is 0.667. The van der Waals surface area contributed by atoms with Crippen LogP contribution >= 0.6 is 50.7 Å². The molecule has 1 atom stereocenters. The SMILES string of the molecule is ClC(Cl)(Cl)N1C=NNC1Br. The van der Waals surface area contributed by atoms with E-state index < -0.39 is 3.92 Å². The summed E-state index contributed by atoms with van der Waals surface area (Å²) in [6.45, 7) is 0. The van der Waals surface area contributed by atoms with Gasteiger partial charge in [0.15, 0.2) is 5.08 Å². The van der Waals surface area contributed by atoms with Crippen LogP contribution in [0, 0.1) is 0 Å². The van der Waals surface area contributed by atoms with Crippen LogP contribution in [0.25, 0.3) is 0 Å². The molecule has 58 valence electrons. The molecule has 1 N–H and O–H groups in total. The van der Waals surface area contributed by atoms with Gasteiger partial charge in [-0.1, -0.05) is 34.8 Å². The van der Waals surface area contributed by atoms with Crippen molar-refractivity contribution in [2.75, 3.05) is 0 Å². The van der Waals surface area contributed by atoms with Gasteiger partial charge in [-0.15, -0.1) is 0 Å². The molecule has 3 nitrogen and oxygen atoms in total. The van der Waals surface area contributed by atoms with E-state index in [9.17, 15) is 0 Å². The summed E-state index contributed by atoms with van der Waals surface area (Å²) in [7, 11) is 0. The number of hydrazone groups is 1. The van der Waals surface area contributed by atoms with Crippen LogP contribution in [0.4, 0.5) is 0 Å². The predicted molar refractivity (Wildman–Crippen MR) is 46.5 cm³/mol. The fourth-order valence-corrected chi connectivity index (χ4v) is 1.78. The fourth-order valence-electron chi connectivity index (χ4n) is 0.472. The van der Waals surface area contributed by atoms with Gasteiger partial charge >= 0.3 is 0 Å². The minimum Gasteiger partial charge on any atom is -0.285 e. The predicted octanol–water partition coefficient (Wildman–Crippen LogP) is 1.84. The van der Waals surface area contributed by atoms with Crippen molar-refractivity contribution < 1.29 is 0 Å². The zero-order valence-electron chi connectivity index (χ0n) is 4.56. The Morgan fingerprint density at radius 3 is 2.40 bits per heavy atom. The summed E-state index contributed by atoms with van der Waals surface area (Å²) in [5, 5.41) is 3.41. The lowest BCUT2D eigenvalue weighted by atomic mass is 10.9. The molecule has 10 heavy (non-hydrogen) atoms. The van der Waals surface area contributed by atoms with E-state index >= 15 is 0 Å². The number of alkyl halides is 4. The molecule has 0 spiro atoms. The Morgan fingerprint density at radius 1 is 1.60 bits per heavy atom. The second kappa shape index (κ2) is 2.93. The van der Waals surface area contributed by atoms with Gasteiger partial charge in [-0.25, -0.2) is 0 Å². The van der Waals surface area contributed by atoms with Gasteiger partial charge in [0, 0.05) is 0 Å². The maximum Gasteiger partial charge on any atom is 0.271 e. The molecule has 0 aromatic carbocycles. The molecule has 0 saturated heterocycles. The van der Waals surface area contributed by atoms with E-state index in [4.69, 9.17) is 34.8 Å². The van der Waals surface area contributed by atoms with Crippen LogP contribution in [0.1, 0.15) is 0 Å². The number of halogens is 4. The van der Waals surface area contributed by atoms with E-state index in [0.29, 0.717) is 0 Å². The highest BCUT2D eigenvalue weighted by Gasteiger charge is 2.34. The molecule has 0 bridgehead atoms. The van der Waals surface area contributed by atoms with Crippen molar-refractivity contribution in [3.05, 3.63) is 0 Å². The van der Waals surface area contributed by atoms with Crippen LogP contribution in [-0.4, -0.2) is 20.2 Å². The van der Waals surface area contributed by atoms with E-state index in [1.165, 1.54) is 11.2 Å². The molecule has 0 aromatic heterocycles. The maximum atomic E-state index is 5.53. The number of rotatable bonds is 0. The summed E-state index contributed by atoms with van der Waals surface area (Å²) in [5.74, 6) is 0. The highest BCUT2D eigenvalue weighted by atomic mass is 79.9. The summed E-state index contributed by atoms with van der Waals surface area (Å²) >= 11 is 19.8. The van der Waals surface area contributed by atoms with Crippen molar-refractivity contribution in [2.24, 2.45) is 5.10 Å². The van der Waals surface area contributed by atoms with E-state index in [2.05, 4.69) is 26.5 Å². The molecule has 7 heteroatoms. The number of hydrogen-bond acceptors (Lipinski definition) is 3. The first-order chi connectivity index (χ1) is 4.52. The van der Waals surface area contributed by atoms with Crippen molar-refractivity contribution in [1.29, 1.82) is 0 Å². The minimum absolute atomic E-state index is 0.250. The second-order valence-corrected chi connectivity index (χ2v) is 4.67. The zero-order chi connectivity index (χ0) is 7.78. The molecule has 0 fully saturated rings. The van der Waals surface area contributed by atoms with Gasteiger partial charge in [0.1, 0.15) is 6.34 Å². The maximum absolute atomic E-state index is 5.53. The minimum atomic E-state index is -1.46. The first kappa shape index (κ1) is 8.71. The van der Waals surface area contributed by atoms with Crippen LogP contribution in [0.2, 0.25) is 0 Å². The molecule has 0 saturated carbocycles. The molecule has 0 radical (unpaired) electrons. The molecule has 1 aliphatic rings. The molecule has 0 amide bonds. The summed E-state index contributed by atoms with van der Waals surface area (Å²) in [6, 6.07) is 0. The van der Waals surface area contributed by atoms with E-state index in [0.717, 1.165) is 0 Å². The Hall–Kier alpha value is 0.620. The molecule has 1 aliphatic heterocycles. The van der Waals surface area contributed by atoms with E-state index in [-0.39, 0.29) is 5.08 Å². The van der Waals surface area contributed by atoms with Crippen LogP contribution in [0.5, 0.6) is 0 Å². The summed E-state index contributed by atoms with van der Waals surface area (Å²) in [6.07, 6.45) is 1.41. The van der Waals surface area contributed by atoms with E-state index in [1.807, 2.05) is 0 Å². The molecule has 1 unspecified atom stereocenters. The monoisotopic (exact) mass is 265 g/mol. The normalized spacial score (nSPS) is 25.2. The quantitative estimate of drug-likeness (QED) is 0.536. The highest BCUT2D eigenvalue weighted by molar-refractivity contribution is 9.09. The summed E-state index contributed by atoms with van der Waals surface area (Å²) in [4.78, 5) is 1.40. The lowest BCUT2D eigenvalue weighted by Gasteiger charge is -2.25. The molecule has 0 aliphatic carbocycles. The topological polar surface area (TPSA) is 27.6 Å². The second-order valence-electron chi connectivity index (χ2n) is 1.58. The van der Waals surface area contributed by atoms with Gasteiger partial charge < -0.3 is 0 Å².